The number of amides is 1. The topological polar surface area (TPSA) is 65.9 Å². The molecule has 33 heavy (non-hydrogen) atoms. The number of rotatable bonds is 4. The van der Waals surface area contributed by atoms with Gasteiger partial charge < -0.3 is 14.7 Å². The zero-order chi connectivity index (χ0) is 22.8. The van der Waals surface area contributed by atoms with Crippen LogP contribution in [0.3, 0.4) is 0 Å². The molecular weight excluding hydrogens is 438 g/mol. The number of aromatic nitrogens is 1. The molecule has 2 aliphatic heterocycles. The van der Waals surface area contributed by atoms with Gasteiger partial charge in [-0.1, -0.05) is 29.8 Å². The Balaban J connectivity index is 1.29. The van der Waals surface area contributed by atoms with Crippen molar-refractivity contribution in [3.63, 3.8) is 0 Å². The van der Waals surface area contributed by atoms with Gasteiger partial charge in [-0.15, -0.1) is 0 Å². The largest absolute Gasteiger partial charge is 0.438 e. The van der Waals surface area contributed by atoms with Crippen molar-refractivity contribution < 1.29 is 14.6 Å². The molecule has 1 amide bonds. The van der Waals surface area contributed by atoms with Crippen LogP contribution in [0.4, 0.5) is 5.69 Å². The van der Waals surface area contributed by atoms with Crippen molar-refractivity contribution in [3.05, 3.63) is 94.9 Å². The molecule has 1 aromatic carbocycles. The van der Waals surface area contributed by atoms with Crippen LogP contribution in [0.25, 0.3) is 5.57 Å². The fraction of sp³-hybridized carbons (Fsp3) is 0.231. The molecule has 1 aliphatic carbocycles. The standard InChI is InChI=1S/C26H24ClN3O3/c27-19-8-10-20(11-9-19)30-15-14-29(17-25(30)32)13-3-4-18-16-22-23(31)6-1-7-24(22)33-26-21(18)5-2-12-28-26/h1-2,4-12,16,23,31H,3,13-15,17H2. The number of benzene rings is 1. The van der Waals surface area contributed by atoms with Crippen molar-refractivity contribution in [1.82, 2.24) is 9.88 Å². The van der Waals surface area contributed by atoms with Gasteiger partial charge in [0, 0.05) is 47.7 Å². The van der Waals surface area contributed by atoms with Crippen LogP contribution in [0, 0.1) is 0 Å². The molecule has 3 aliphatic rings. The maximum absolute atomic E-state index is 12.7. The van der Waals surface area contributed by atoms with Crippen LogP contribution in [-0.2, 0) is 4.79 Å². The summed E-state index contributed by atoms with van der Waals surface area (Å²) in [6.45, 7) is 2.59. The van der Waals surface area contributed by atoms with E-state index < -0.39 is 6.10 Å². The van der Waals surface area contributed by atoms with Gasteiger partial charge >= 0.3 is 0 Å². The van der Waals surface area contributed by atoms with E-state index in [1.807, 2.05) is 41.3 Å². The average molecular weight is 462 g/mol. The predicted molar refractivity (Wildman–Crippen MR) is 129 cm³/mol. The minimum absolute atomic E-state index is 0.0858. The van der Waals surface area contributed by atoms with Gasteiger partial charge in [0.05, 0.1) is 6.54 Å². The second-order valence-electron chi connectivity index (χ2n) is 8.16. The van der Waals surface area contributed by atoms with Gasteiger partial charge in [0.15, 0.2) is 0 Å². The number of piperazine rings is 1. The maximum atomic E-state index is 12.7. The normalized spacial score (nSPS) is 21.6. The molecule has 5 rings (SSSR count). The minimum Gasteiger partial charge on any atom is -0.438 e. The number of carbonyl (C=O) groups excluding carboxylic acids is 1. The Kier molecular flexibility index (Phi) is 6.13. The molecule has 168 valence electrons. The van der Waals surface area contributed by atoms with E-state index >= 15 is 0 Å². The number of fused-ring (bicyclic) bond motifs is 2. The lowest BCUT2D eigenvalue weighted by Crippen LogP contribution is -2.50. The Hall–Kier alpha value is -3.19. The molecule has 1 atom stereocenters. The fourth-order valence-corrected chi connectivity index (χ4v) is 4.39. The monoisotopic (exact) mass is 461 g/mol. The second kappa shape index (κ2) is 9.35. The number of pyridine rings is 1. The molecule has 0 spiro atoms. The molecule has 0 saturated carbocycles. The lowest BCUT2D eigenvalue weighted by Gasteiger charge is -2.34. The quantitative estimate of drug-likeness (QED) is 0.745. The van der Waals surface area contributed by atoms with Crippen molar-refractivity contribution in [1.29, 1.82) is 0 Å². The van der Waals surface area contributed by atoms with E-state index in [0.717, 1.165) is 36.3 Å². The number of aliphatic hydroxyl groups is 1. The van der Waals surface area contributed by atoms with Crippen molar-refractivity contribution >= 4 is 28.8 Å². The Morgan fingerprint density at radius 1 is 1.21 bits per heavy atom. The molecule has 1 fully saturated rings. The van der Waals surface area contributed by atoms with Crippen molar-refractivity contribution in [3.8, 4) is 5.88 Å². The molecule has 1 aromatic heterocycles. The number of ether oxygens (including phenoxy) is 1. The van der Waals surface area contributed by atoms with Gasteiger partial charge in [-0.25, -0.2) is 4.98 Å². The van der Waals surface area contributed by atoms with Gasteiger partial charge in [0.25, 0.3) is 0 Å². The number of nitrogens with zero attached hydrogens (tertiary/aromatic N) is 3. The first-order valence-corrected chi connectivity index (χ1v) is 11.4. The van der Waals surface area contributed by atoms with Crippen molar-refractivity contribution in [2.45, 2.75) is 12.5 Å². The van der Waals surface area contributed by atoms with E-state index in [-0.39, 0.29) is 5.91 Å². The Morgan fingerprint density at radius 3 is 2.88 bits per heavy atom. The summed E-state index contributed by atoms with van der Waals surface area (Å²) in [5.41, 5.74) is 3.44. The van der Waals surface area contributed by atoms with Crippen LogP contribution in [0.5, 0.6) is 5.88 Å². The maximum Gasteiger partial charge on any atom is 0.241 e. The number of halogens is 1. The minimum atomic E-state index is -0.721. The lowest BCUT2D eigenvalue weighted by atomic mass is 9.97. The van der Waals surface area contributed by atoms with E-state index in [4.69, 9.17) is 16.3 Å². The predicted octanol–water partition coefficient (Wildman–Crippen LogP) is 3.99. The van der Waals surface area contributed by atoms with Crippen LogP contribution in [0.15, 0.2) is 84.3 Å². The van der Waals surface area contributed by atoms with Crippen molar-refractivity contribution in [2.75, 3.05) is 31.1 Å². The second-order valence-corrected chi connectivity index (χ2v) is 8.60. The molecule has 2 aromatic rings. The summed E-state index contributed by atoms with van der Waals surface area (Å²) in [5, 5.41) is 11.1. The number of hydrogen-bond acceptors (Lipinski definition) is 5. The van der Waals surface area contributed by atoms with Crippen LogP contribution in [0.2, 0.25) is 5.02 Å². The highest BCUT2D eigenvalue weighted by Gasteiger charge is 2.26. The Labute approximate surface area is 197 Å². The van der Waals surface area contributed by atoms with Crippen molar-refractivity contribution in [2.24, 2.45) is 0 Å². The highest BCUT2D eigenvalue weighted by Crippen LogP contribution is 2.35. The van der Waals surface area contributed by atoms with Gasteiger partial charge in [0.1, 0.15) is 11.9 Å². The van der Waals surface area contributed by atoms with Crippen LogP contribution in [0.1, 0.15) is 12.0 Å². The molecule has 7 heteroatoms. The highest BCUT2D eigenvalue weighted by molar-refractivity contribution is 6.30. The van der Waals surface area contributed by atoms with Crippen LogP contribution in [-0.4, -0.2) is 53.2 Å². The molecule has 1 saturated heterocycles. The summed E-state index contributed by atoms with van der Waals surface area (Å²) in [7, 11) is 0. The molecular formula is C26H24ClN3O3. The highest BCUT2D eigenvalue weighted by atomic mass is 35.5. The Morgan fingerprint density at radius 2 is 2.06 bits per heavy atom. The zero-order valence-electron chi connectivity index (χ0n) is 18.0. The lowest BCUT2D eigenvalue weighted by molar-refractivity contribution is -0.121. The van der Waals surface area contributed by atoms with E-state index in [1.54, 1.807) is 30.5 Å². The van der Waals surface area contributed by atoms with E-state index in [0.29, 0.717) is 35.3 Å². The molecule has 3 heterocycles. The van der Waals surface area contributed by atoms with E-state index in [2.05, 4.69) is 16.0 Å². The third kappa shape index (κ3) is 4.64. The molecule has 6 nitrogen and oxygen atoms in total. The zero-order valence-corrected chi connectivity index (χ0v) is 18.8. The first-order chi connectivity index (χ1) is 16.1. The summed E-state index contributed by atoms with van der Waals surface area (Å²) < 4.78 is 5.99. The summed E-state index contributed by atoms with van der Waals surface area (Å²) in [6, 6.07) is 11.2. The smallest absolute Gasteiger partial charge is 0.241 e. The van der Waals surface area contributed by atoms with E-state index in [9.17, 15) is 9.90 Å². The van der Waals surface area contributed by atoms with Crippen LogP contribution < -0.4 is 9.64 Å². The van der Waals surface area contributed by atoms with E-state index in [1.165, 1.54) is 0 Å². The molecule has 1 unspecified atom stereocenters. The molecule has 0 bridgehead atoms. The SMILES string of the molecule is O=C1CN(CCC=C2C=C3C(=CC=CC3O)Oc3ncccc32)CCN1c1ccc(Cl)cc1. The van der Waals surface area contributed by atoms with Gasteiger partial charge in [-0.3, -0.25) is 9.69 Å². The Bertz CT molecular complexity index is 1180. The summed E-state index contributed by atoms with van der Waals surface area (Å²) in [6.07, 6.45) is 11.2. The van der Waals surface area contributed by atoms with Gasteiger partial charge in [0.2, 0.25) is 11.8 Å². The summed E-state index contributed by atoms with van der Waals surface area (Å²) in [4.78, 5) is 21.1. The number of hydrogen-bond donors (Lipinski definition) is 1. The van der Waals surface area contributed by atoms with Gasteiger partial charge in [-0.2, -0.15) is 0 Å². The van der Waals surface area contributed by atoms with Crippen LogP contribution >= 0.6 is 11.6 Å². The van der Waals surface area contributed by atoms with Gasteiger partial charge in [-0.05, 0) is 60.5 Å². The molecule has 1 N–H and O–H groups in total. The summed E-state index contributed by atoms with van der Waals surface area (Å²) >= 11 is 5.97. The third-order valence-corrected chi connectivity index (χ3v) is 6.24. The first-order valence-electron chi connectivity index (χ1n) is 11.0. The number of allylic oxidation sites excluding steroid dienone is 4. The number of aliphatic hydroxyl groups excluding tert-OH is 1. The first kappa shape index (κ1) is 21.6. The summed E-state index contributed by atoms with van der Waals surface area (Å²) in [5.74, 6) is 1.22. The third-order valence-electron chi connectivity index (χ3n) is 5.99. The average Bonchev–Trinajstić information content (AvgIpc) is 2.98. The molecule has 0 radical (unpaired) electrons. The fourth-order valence-electron chi connectivity index (χ4n) is 4.26. The number of carbonyl (C=O) groups is 1. The number of anilines is 1.